The van der Waals surface area contributed by atoms with Gasteiger partial charge in [-0.15, -0.1) is 0 Å². The molecule has 4 aromatic rings. The van der Waals surface area contributed by atoms with Crippen LogP contribution in [-0.2, 0) is 13.0 Å². The van der Waals surface area contributed by atoms with Gasteiger partial charge >= 0.3 is 5.97 Å². The van der Waals surface area contributed by atoms with Crippen molar-refractivity contribution in [1.29, 1.82) is 0 Å². The van der Waals surface area contributed by atoms with E-state index < -0.39 is 5.97 Å². The number of carbonyl (C=O) groups is 1. The number of carboxylic acid groups (broad SMARTS) is 1. The van der Waals surface area contributed by atoms with Crippen LogP contribution in [-0.4, -0.2) is 25.8 Å². The lowest BCUT2D eigenvalue weighted by Gasteiger charge is -2.21. The Kier molecular flexibility index (Phi) is 6.00. The summed E-state index contributed by atoms with van der Waals surface area (Å²) in [6.45, 7) is 2.43. The number of aromatic carboxylic acids is 1. The van der Waals surface area contributed by atoms with Crippen molar-refractivity contribution < 1.29 is 9.90 Å². The second-order valence-electron chi connectivity index (χ2n) is 7.21. The number of pyridine rings is 1. The maximum Gasteiger partial charge on any atom is 0.335 e. The first kappa shape index (κ1) is 20.6. The fourth-order valence-corrected chi connectivity index (χ4v) is 3.83. The Morgan fingerprint density at radius 2 is 1.87 bits per heavy atom. The average molecular weight is 433 g/mol. The molecule has 31 heavy (non-hydrogen) atoms. The molecule has 156 valence electrons. The van der Waals surface area contributed by atoms with E-state index in [-0.39, 0.29) is 5.56 Å². The number of aryl methyl sites for hydroxylation is 1. The molecule has 2 aromatic carbocycles. The Labute approximate surface area is 185 Å². The Morgan fingerprint density at radius 3 is 2.55 bits per heavy atom. The minimum atomic E-state index is -0.937. The van der Waals surface area contributed by atoms with Gasteiger partial charge in [-0.2, -0.15) is 5.10 Å². The smallest absolute Gasteiger partial charge is 0.335 e. The van der Waals surface area contributed by atoms with Crippen LogP contribution in [0.25, 0.3) is 5.69 Å². The summed E-state index contributed by atoms with van der Waals surface area (Å²) in [5, 5.41) is 13.6. The third-order valence-corrected chi connectivity index (χ3v) is 5.38. The Balaban J connectivity index is 1.72. The summed E-state index contributed by atoms with van der Waals surface area (Å²) in [6, 6.07) is 18.7. The Morgan fingerprint density at radius 1 is 1.06 bits per heavy atom. The number of carboxylic acids is 1. The SMILES string of the molecule is Cc1cccnc1N(Cl)Cc1cccc(-n2cccn2)c1Cc1ccc(C(=O)O)cc1. The third-order valence-electron chi connectivity index (χ3n) is 5.10. The van der Waals surface area contributed by atoms with E-state index in [1.165, 1.54) is 0 Å². The minimum absolute atomic E-state index is 0.266. The monoisotopic (exact) mass is 432 g/mol. The predicted octanol–water partition coefficient (Wildman–Crippen LogP) is 5.03. The Bertz CT molecular complexity index is 1190. The zero-order valence-corrected chi connectivity index (χ0v) is 17.7. The summed E-state index contributed by atoms with van der Waals surface area (Å²) in [5.41, 5.74) is 5.31. The number of rotatable bonds is 7. The average Bonchev–Trinajstić information content (AvgIpc) is 3.30. The zero-order valence-electron chi connectivity index (χ0n) is 16.9. The van der Waals surface area contributed by atoms with Gasteiger partial charge in [0, 0.05) is 30.4 Å². The van der Waals surface area contributed by atoms with Gasteiger partial charge in [-0.05, 0) is 65.9 Å². The van der Waals surface area contributed by atoms with E-state index in [0.29, 0.717) is 18.8 Å². The van der Waals surface area contributed by atoms with E-state index in [1.54, 1.807) is 28.9 Å². The van der Waals surface area contributed by atoms with E-state index in [2.05, 4.69) is 10.1 Å². The second-order valence-corrected chi connectivity index (χ2v) is 7.62. The predicted molar refractivity (Wildman–Crippen MR) is 121 cm³/mol. The lowest BCUT2D eigenvalue weighted by atomic mass is 9.97. The molecule has 7 heteroatoms. The molecule has 0 aliphatic carbocycles. The topological polar surface area (TPSA) is 71.2 Å². The number of nitrogens with zero attached hydrogens (tertiary/aromatic N) is 4. The number of hydrogen-bond acceptors (Lipinski definition) is 4. The largest absolute Gasteiger partial charge is 0.478 e. The molecule has 0 radical (unpaired) electrons. The van der Waals surface area contributed by atoms with Crippen molar-refractivity contribution in [3.8, 4) is 5.69 Å². The van der Waals surface area contributed by atoms with E-state index in [0.717, 1.165) is 27.9 Å². The maximum absolute atomic E-state index is 11.2. The van der Waals surface area contributed by atoms with Gasteiger partial charge in [-0.25, -0.2) is 14.5 Å². The van der Waals surface area contributed by atoms with Crippen LogP contribution in [0, 0.1) is 6.92 Å². The summed E-state index contributed by atoms with van der Waals surface area (Å²) in [4.78, 5) is 15.6. The van der Waals surface area contributed by atoms with Gasteiger partial charge in [0.15, 0.2) is 0 Å². The normalized spacial score (nSPS) is 10.8. The molecule has 2 aromatic heterocycles. The summed E-state index contributed by atoms with van der Waals surface area (Å²) < 4.78 is 3.45. The van der Waals surface area contributed by atoms with Crippen molar-refractivity contribution in [2.45, 2.75) is 19.9 Å². The highest BCUT2D eigenvalue weighted by molar-refractivity contribution is 6.25. The summed E-state index contributed by atoms with van der Waals surface area (Å²) in [5.74, 6) is -0.224. The number of benzene rings is 2. The Hall–Kier alpha value is -3.64. The lowest BCUT2D eigenvalue weighted by Crippen LogP contribution is -2.15. The van der Waals surface area contributed by atoms with Gasteiger partial charge in [-0.1, -0.05) is 30.3 Å². The highest BCUT2D eigenvalue weighted by Gasteiger charge is 2.16. The molecule has 0 aliphatic rings. The molecule has 4 rings (SSSR count). The van der Waals surface area contributed by atoms with Crippen LogP contribution in [0.3, 0.4) is 0 Å². The van der Waals surface area contributed by atoms with Gasteiger partial charge < -0.3 is 5.11 Å². The zero-order chi connectivity index (χ0) is 21.8. The molecule has 1 N–H and O–H groups in total. The van der Waals surface area contributed by atoms with Gasteiger partial charge in [0.25, 0.3) is 0 Å². The summed E-state index contributed by atoms with van der Waals surface area (Å²) in [7, 11) is 0. The van der Waals surface area contributed by atoms with Crippen LogP contribution in [0.4, 0.5) is 5.82 Å². The molecule has 0 bridgehead atoms. The molecule has 0 amide bonds. The van der Waals surface area contributed by atoms with Crippen LogP contribution < -0.4 is 4.42 Å². The maximum atomic E-state index is 11.2. The fraction of sp³-hybridized carbons (Fsp3) is 0.125. The lowest BCUT2D eigenvalue weighted by molar-refractivity contribution is 0.0697. The number of hydrogen-bond donors (Lipinski definition) is 1. The molecule has 0 spiro atoms. The van der Waals surface area contributed by atoms with Crippen molar-refractivity contribution in [3.05, 3.63) is 107 Å². The van der Waals surface area contributed by atoms with Crippen molar-refractivity contribution in [2.24, 2.45) is 0 Å². The quantitative estimate of drug-likeness (QED) is 0.415. The first-order valence-electron chi connectivity index (χ1n) is 9.81. The molecule has 0 saturated heterocycles. The van der Waals surface area contributed by atoms with Gasteiger partial charge in [0.1, 0.15) is 5.82 Å². The fourth-order valence-electron chi connectivity index (χ4n) is 3.52. The van der Waals surface area contributed by atoms with E-state index in [4.69, 9.17) is 11.8 Å². The molecular formula is C24H21ClN4O2. The van der Waals surface area contributed by atoms with Crippen LogP contribution in [0.5, 0.6) is 0 Å². The molecule has 0 fully saturated rings. The molecule has 6 nitrogen and oxygen atoms in total. The first-order valence-corrected chi connectivity index (χ1v) is 10.1. The molecule has 0 aliphatic heterocycles. The second kappa shape index (κ2) is 9.02. The molecular weight excluding hydrogens is 412 g/mol. The van der Waals surface area contributed by atoms with Gasteiger partial charge in [0.2, 0.25) is 0 Å². The third kappa shape index (κ3) is 4.59. The number of halogens is 1. The van der Waals surface area contributed by atoms with Gasteiger partial charge in [-0.3, -0.25) is 4.42 Å². The number of aromatic nitrogens is 3. The summed E-state index contributed by atoms with van der Waals surface area (Å²) in [6.07, 6.45) is 5.97. The highest BCUT2D eigenvalue weighted by atomic mass is 35.5. The minimum Gasteiger partial charge on any atom is -0.478 e. The van der Waals surface area contributed by atoms with E-state index in [9.17, 15) is 9.90 Å². The molecule has 0 unspecified atom stereocenters. The van der Waals surface area contributed by atoms with Gasteiger partial charge in [0.05, 0.1) is 17.8 Å². The van der Waals surface area contributed by atoms with Crippen LogP contribution in [0.2, 0.25) is 0 Å². The molecule has 0 saturated carbocycles. The standard InChI is InChI=1S/C24H21ClN4O2/c1-17-5-3-12-26-23(17)28(25)16-20-6-2-7-22(29-14-4-13-27-29)21(20)15-18-8-10-19(11-9-18)24(30)31/h2-14H,15-16H2,1H3,(H,30,31). The molecule has 0 atom stereocenters. The van der Waals surface area contributed by atoms with Crippen molar-refractivity contribution in [3.63, 3.8) is 0 Å². The molecule has 2 heterocycles. The summed E-state index contributed by atoms with van der Waals surface area (Å²) >= 11 is 6.64. The first-order chi connectivity index (χ1) is 15.0. The van der Waals surface area contributed by atoms with Crippen LogP contribution in [0.1, 0.15) is 32.6 Å². The van der Waals surface area contributed by atoms with Crippen LogP contribution in [0.15, 0.2) is 79.3 Å². The number of anilines is 1. The van der Waals surface area contributed by atoms with Crippen LogP contribution >= 0.6 is 11.8 Å². The van der Waals surface area contributed by atoms with E-state index in [1.807, 2.05) is 66.3 Å². The van der Waals surface area contributed by atoms with Crippen molar-refractivity contribution in [1.82, 2.24) is 14.8 Å². The van der Waals surface area contributed by atoms with Crippen molar-refractivity contribution >= 4 is 23.6 Å². The highest BCUT2D eigenvalue weighted by Crippen LogP contribution is 2.27. The van der Waals surface area contributed by atoms with Crippen molar-refractivity contribution in [2.75, 3.05) is 4.42 Å². The van der Waals surface area contributed by atoms with E-state index >= 15 is 0 Å².